The molecule has 1 atom stereocenters. The summed E-state index contributed by atoms with van der Waals surface area (Å²) in [5, 5.41) is 2.58. The predicted octanol–water partition coefficient (Wildman–Crippen LogP) is 4.19. The van der Waals surface area contributed by atoms with Crippen LogP contribution in [0.4, 0.5) is 10.1 Å². The van der Waals surface area contributed by atoms with Crippen molar-refractivity contribution in [2.24, 2.45) is 0 Å². The van der Waals surface area contributed by atoms with Crippen molar-refractivity contribution in [3.05, 3.63) is 58.9 Å². The van der Waals surface area contributed by atoms with Crippen LogP contribution in [0.15, 0.2) is 42.5 Å². The molecule has 0 aliphatic carbocycles. The summed E-state index contributed by atoms with van der Waals surface area (Å²) in [6.07, 6.45) is -0.684. The number of carbonyl (C=O) groups excluding carboxylic acids is 1. The van der Waals surface area contributed by atoms with Crippen LogP contribution in [0.1, 0.15) is 12.5 Å². The first kappa shape index (κ1) is 15.3. The molecular formula is C16H15ClFNO2. The van der Waals surface area contributed by atoms with Gasteiger partial charge in [-0.15, -0.1) is 0 Å². The molecule has 0 unspecified atom stereocenters. The number of benzene rings is 2. The summed E-state index contributed by atoms with van der Waals surface area (Å²) in [5.74, 6) is -0.253. The molecule has 0 saturated heterocycles. The van der Waals surface area contributed by atoms with Crippen LogP contribution in [-0.4, -0.2) is 12.0 Å². The van der Waals surface area contributed by atoms with Crippen molar-refractivity contribution in [3.8, 4) is 5.75 Å². The van der Waals surface area contributed by atoms with E-state index in [0.29, 0.717) is 11.4 Å². The van der Waals surface area contributed by atoms with Gasteiger partial charge in [-0.25, -0.2) is 4.39 Å². The predicted molar refractivity (Wildman–Crippen MR) is 81.3 cm³/mol. The standard InChI is InChI=1S/C16H15ClFNO2/c1-10-3-6-13(7-4-10)21-11(2)16(20)19-12-5-8-15(18)14(17)9-12/h3-9,11H,1-2H3,(H,19,20)/t11-/m0/s1. The second kappa shape index (κ2) is 6.59. The van der Waals surface area contributed by atoms with E-state index in [4.69, 9.17) is 16.3 Å². The van der Waals surface area contributed by atoms with E-state index < -0.39 is 11.9 Å². The molecule has 5 heteroatoms. The Morgan fingerprint density at radius 3 is 2.52 bits per heavy atom. The molecule has 2 aromatic carbocycles. The molecule has 2 rings (SSSR count). The molecule has 1 amide bonds. The average Bonchev–Trinajstić information content (AvgIpc) is 2.45. The molecule has 0 bridgehead atoms. The van der Waals surface area contributed by atoms with Gasteiger partial charge in [-0.3, -0.25) is 4.79 Å². The van der Waals surface area contributed by atoms with Crippen molar-refractivity contribution in [2.75, 3.05) is 5.32 Å². The number of aryl methyl sites for hydroxylation is 1. The zero-order valence-corrected chi connectivity index (χ0v) is 12.4. The molecule has 0 fully saturated rings. The SMILES string of the molecule is Cc1ccc(O[C@@H](C)C(=O)Nc2ccc(F)c(Cl)c2)cc1. The number of hydrogen-bond acceptors (Lipinski definition) is 2. The van der Waals surface area contributed by atoms with E-state index in [0.717, 1.165) is 5.56 Å². The molecule has 0 aliphatic rings. The summed E-state index contributed by atoms with van der Waals surface area (Å²) in [6.45, 7) is 3.61. The highest BCUT2D eigenvalue weighted by Gasteiger charge is 2.15. The number of hydrogen-bond donors (Lipinski definition) is 1. The monoisotopic (exact) mass is 307 g/mol. The fraction of sp³-hybridized carbons (Fsp3) is 0.188. The van der Waals surface area contributed by atoms with Gasteiger partial charge in [0.1, 0.15) is 11.6 Å². The lowest BCUT2D eigenvalue weighted by Gasteiger charge is -2.15. The van der Waals surface area contributed by atoms with Gasteiger partial charge in [0.05, 0.1) is 5.02 Å². The molecule has 2 aromatic rings. The second-order valence-corrected chi connectivity index (χ2v) is 5.10. The van der Waals surface area contributed by atoms with Gasteiger partial charge >= 0.3 is 0 Å². The highest BCUT2D eigenvalue weighted by atomic mass is 35.5. The smallest absolute Gasteiger partial charge is 0.265 e. The van der Waals surface area contributed by atoms with Crippen molar-refractivity contribution >= 4 is 23.2 Å². The van der Waals surface area contributed by atoms with Gasteiger partial charge in [0.25, 0.3) is 5.91 Å². The Hall–Kier alpha value is -2.07. The van der Waals surface area contributed by atoms with Gasteiger partial charge in [-0.2, -0.15) is 0 Å². The molecule has 0 aromatic heterocycles. The molecule has 0 aliphatic heterocycles. The number of nitrogens with one attached hydrogen (secondary N) is 1. The van der Waals surface area contributed by atoms with E-state index >= 15 is 0 Å². The lowest BCUT2D eigenvalue weighted by atomic mass is 10.2. The number of rotatable bonds is 4. The zero-order chi connectivity index (χ0) is 15.4. The van der Waals surface area contributed by atoms with Crippen molar-refractivity contribution < 1.29 is 13.9 Å². The van der Waals surface area contributed by atoms with Crippen molar-refractivity contribution in [3.63, 3.8) is 0 Å². The highest BCUT2D eigenvalue weighted by molar-refractivity contribution is 6.31. The normalized spacial score (nSPS) is 11.8. The fourth-order valence-corrected chi connectivity index (χ4v) is 1.87. The summed E-state index contributed by atoms with van der Waals surface area (Å²) in [7, 11) is 0. The Kier molecular flexibility index (Phi) is 4.81. The minimum atomic E-state index is -0.684. The molecule has 110 valence electrons. The maximum Gasteiger partial charge on any atom is 0.265 e. The first-order chi connectivity index (χ1) is 9.95. The minimum Gasteiger partial charge on any atom is -0.481 e. The first-order valence-electron chi connectivity index (χ1n) is 6.45. The van der Waals surface area contributed by atoms with Crippen LogP contribution in [0.25, 0.3) is 0 Å². The Labute approximate surface area is 127 Å². The quantitative estimate of drug-likeness (QED) is 0.919. The number of amides is 1. The Bertz CT molecular complexity index is 643. The topological polar surface area (TPSA) is 38.3 Å². The van der Waals surface area contributed by atoms with E-state index in [1.165, 1.54) is 18.2 Å². The Morgan fingerprint density at radius 2 is 1.90 bits per heavy atom. The van der Waals surface area contributed by atoms with E-state index in [1.54, 1.807) is 19.1 Å². The molecule has 0 heterocycles. The van der Waals surface area contributed by atoms with Crippen LogP contribution < -0.4 is 10.1 Å². The summed E-state index contributed by atoms with van der Waals surface area (Å²) < 4.78 is 18.6. The summed E-state index contributed by atoms with van der Waals surface area (Å²) in [4.78, 5) is 12.0. The van der Waals surface area contributed by atoms with Gasteiger partial charge in [0.15, 0.2) is 6.10 Å². The maximum atomic E-state index is 13.0. The van der Waals surface area contributed by atoms with Crippen LogP contribution in [0, 0.1) is 12.7 Å². The summed E-state index contributed by atoms with van der Waals surface area (Å²) in [6, 6.07) is 11.4. The van der Waals surface area contributed by atoms with Crippen molar-refractivity contribution in [2.45, 2.75) is 20.0 Å². The number of anilines is 1. The zero-order valence-electron chi connectivity index (χ0n) is 11.7. The third kappa shape index (κ3) is 4.20. The van der Waals surface area contributed by atoms with Gasteiger partial charge < -0.3 is 10.1 Å². The molecule has 3 nitrogen and oxygen atoms in total. The van der Waals surface area contributed by atoms with Gasteiger partial charge in [-0.05, 0) is 44.2 Å². The van der Waals surface area contributed by atoms with Crippen molar-refractivity contribution in [1.82, 2.24) is 0 Å². The van der Waals surface area contributed by atoms with E-state index in [1.807, 2.05) is 19.1 Å². The maximum absolute atomic E-state index is 13.0. The average molecular weight is 308 g/mol. The lowest BCUT2D eigenvalue weighted by molar-refractivity contribution is -0.122. The van der Waals surface area contributed by atoms with Crippen LogP contribution in [0.2, 0.25) is 5.02 Å². The van der Waals surface area contributed by atoms with Gasteiger partial charge in [0, 0.05) is 5.69 Å². The second-order valence-electron chi connectivity index (χ2n) is 4.69. The largest absolute Gasteiger partial charge is 0.481 e. The van der Waals surface area contributed by atoms with Crippen LogP contribution in [-0.2, 0) is 4.79 Å². The molecule has 0 radical (unpaired) electrons. The van der Waals surface area contributed by atoms with E-state index in [2.05, 4.69) is 5.32 Å². The number of halogens is 2. The van der Waals surface area contributed by atoms with Crippen LogP contribution >= 0.6 is 11.6 Å². The number of ether oxygens (including phenoxy) is 1. The molecular weight excluding hydrogens is 293 g/mol. The van der Waals surface area contributed by atoms with Gasteiger partial charge in [-0.1, -0.05) is 29.3 Å². The molecule has 0 spiro atoms. The molecule has 1 N–H and O–H groups in total. The Morgan fingerprint density at radius 1 is 1.24 bits per heavy atom. The third-order valence-corrected chi connectivity index (χ3v) is 3.18. The minimum absolute atomic E-state index is 0.0418. The fourth-order valence-electron chi connectivity index (χ4n) is 1.69. The third-order valence-electron chi connectivity index (χ3n) is 2.89. The highest BCUT2D eigenvalue weighted by Crippen LogP contribution is 2.20. The summed E-state index contributed by atoms with van der Waals surface area (Å²) >= 11 is 5.66. The molecule has 0 saturated carbocycles. The Balaban J connectivity index is 1.98. The van der Waals surface area contributed by atoms with Crippen LogP contribution in [0.3, 0.4) is 0 Å². The van der Waals surface area contributed by atoms with Crippen LogP contribution in [0.5, 0.6) is 5.75 Å². The lowest BCUT2D eigenvalue weighted by Crippen LogP contribution is -2.30. The van der Waals surface area contributed by atoms with Crippen molar-refractivity contribution in [1.29, 1.82) is 0 Å². The van der Waals surface area contributed by atoms with Gasteiger partial charge in [0.2, 0.25) is 0 Å². The summed E-state index contributed by atoms with van der Waals surface area (Å²) in [5.41, 5.74) is 1.53. The first-order valence-corrected chi connectivity index (χ1v) is 6.83. The van der Waals surface area contributed by atoms with E-state index in [-0.39, 0.29) is 10.9 Å². The van der Waals surface area contributed by atoms with E-state index in [9.17, 15) is 9.18 Å². The molecule has 21 heavy (non-hydrogen) atoms. The number of carbonyl (C=O) groups is 1.